The molecule has 4 N–H and O–H groups in total. The maximum absolute atomic E-state index is 12.9. The molecule has 0 aromatic carbocycles. The number of aliphatic carboxylic acids is 2. The Hall–Kier alpha value is -1.83. The highest BCUT2D eigenvalue weighted by Crippen LogP contribution is 2.49. The van der Waals surface area contributed by atoms with Gasteiger partial charge >= 0.3 is 17.9 Å². The first-order valence-electron chi connectivity index (χ1n) is 22.0. The van der Waals surface area contributed by atoms with Gasteiger partial charge in [0.1, 0.15) is 6.10 Å². The van der Waals surface area contributed by atoms with Gasteiger partial charge in [-0.3, -0.25) is 14.4 Å². The van der Waals surface area contributed by atoms with Crippen LogP contribution in [0.5, 0.6) is 0 Å². The number of rotatable bonds is 14. The van der Waals surface area contributed by atoms with E-state index in [4.69, 9.17) is 24.0 Å². The van der Waals surface area contributed by atoms with Crippen LogP contribution < -0.4 is 0 Å². The van der Waals surface area contributed by atoms with Crippen LogP contribution >= 0.6 is 0 Å². The van der Waals surface area contributed by atoms with Gasteiger partial charge in [-0.15, -0.1) is 0 Å². The zero-order valence-electron chi connectivity index (χ0n) is 33.4. The summed E-state index contributed by atoms with van der Waals surface area (Å²) < 4.78 is 19.0. The van der Waals surface area contributed by atoms with Gasteiger partial charge < -0.3 is 34.6 Å². The lowest BCUT2D eigenvalue weighted by molar-refractivity contribution is -0.339. The van der Waals surface area contributed by atoms with Crippen LogP contribution in [0.25, 0.3) is 0 Å². The Kier molecular flexibility index (Phi) is 15.4. The molecular weight excluding hydrogens is 708 g/mol. The average Bonchev–Trinajstić information content (AvgIpc) is 3.16. The summed E-state index contributed by atoms with van der Waals surface area (Å²) in [5.74, 6) is -3.15. The predicted molar refractivity (Wildman–Crippen MR) is 202 cm³/mol. The third kappa shape index (κ3) is 11.6. The second kappa shape index (κ2) is 19.7. The summed E-state index contributed by atoms with van der Waals surface area (Å²) in [4.78, 5) is 47.4. The molecule has 0 saturated heterocycles. The zero-order valence-corrected chi connectivity index (χ0v) is 33.4. The highest BCUT2D eigenvalue weighted by Gasteiger charge is 2.43. The van der Waals surface area contributed by atoms with E-state index in [1.807, 2.05) is 0 Å². The van der Waals surface area contributed by atoms with Gasteiger partial charge in [0.25, 0.3) is 0 Å². The number of esters is 1. The van der Waals surface area contributed by atoms with Gasteiger partial charge in [0.15, 0.2) is 0 Å². The molecule has 12 heteroatoms. The second-order valence-corrected chi connectivity index (χ2v) is 18.8. The van der Waals surface area contributed by atoms with Gasteiger partial charge in [-0.25, -0.2) is 9.78 Å². The van der Waals surface area contributed by atoms with Crippen LogP contribution in [0.3, 0.4) is 0 Å². The van der Waals surface area contributed by atoms with E-state index < -0.39 is 47.9 Å². The fourth-order valence-electron chi connectivity index (χ4n) is 11.2. The molecule has 6 aliphatic rings. The Balaban J connectivity index is 0.828. The molecule has 6 atom stereocenters. The van der Waals surface area contributed by atoms with Crippen LogP contribution in [-0.4, -0.2) is 93.8 Å². The van der Waals surface area contributed by atoms with E-state index in [2.05, 4.69) is 13.8 Å². The lowest BCUT2D eigenvalue weighted by Crippen LogP contribution is -2.41. The van der Waals surface area contributed by atoms with Gasteiger partial charge in [0.05, 0.1) is 67.1 Å². The molecule has 6 aliphatic carbocycles. The van der Waals surface area contributed by atoms with E-state index >= 15 is 0 Å². The number of aliphatic hydroxyl groups is 2. The monoisotopic (exact) mass is 778 g/mol. The van der Waals surface area contributed by atoms with Crippen molar-refractivity contribution in [2.75, 3.05) is 6.61 Å². The molecule has 0 aromatic rings. The first-order valence-corrected chi connectivity index (χ1v) is 22.0. The van der Waals surface area contributed by atoms with Gasteiger partial charge in [-0.05, 0) is 159 Å². The molecule has 0 aliphatic heterocycles. The van der Waals surface area contributed by atoms with Crippen LogP contribution in [-0.2, 0) is 38.4 Å². The summed E-state index contributed by atoms with van der Waals surface area (Å²) in [7, 11) is 0. The van der Waals surface area contributed by atoms with Crippen LogP contribution in [0.4, 0.5) is 0 Å². The van der Waals surface area contributed by atoms with E-state index in [9.17, 15) is 34.8 Å². The van der Waals surface area contributed by atoms with Crippen molar-refractivity contribution >= 4 is 17.9 Å². The van der Waals surface area contributed by atoms with Gasteiger partial charge in [-0.2, -0.15) is 0 Å². The molecule has 0 radical (unpaired) electrons. The second-order valence-electron chi connectivity index (χ2n) is 18.8. The number of carboxylic acids is 2. The van der Waals surface area contributed by atoms with Crippen LogP contribution in [0, 0.1) is 40.9 Å². The van der Waals surface area contributed by atoms with Crippen molar-refractivity contribution in [2.24, 2.45) is 40.9 Å². The molecule has 314 valence electrons. The predicted octanol–water partition coefficient (Wildman–Crippen LogP) is 7.00. The summed E-state index contributed by atoms with van der Waals surface area (Å²) in [6.45, 7) is 5.18. The fourth-order valence-corrected chi connectivity index (χ4v) is 11.2. The molecule has 55 heavy (non-hydrogen) atoms. The van der Waals surface area contributed by atoms with Crippen molar-refractivity contribution in [1.82, 2.24) is 0 Å². The summed E-state index contributed by atoms with van der Waals surface area (Å²) in [6.07, 6.45) is 18.0. The topological polar surface area (TPSA) is 178 Å². The normalized spacial score (nSPS) is 40.6. The summed E-state index contributed by atoms with van der Waals surface area (Å²) >= 11 is 0. The third-order valence-corrected chi connectivity index (χ3v) is 14.9. The average molecular weight is 779 g/mol. The number of carboxylic acid groups (broad SMARTS) is 2. The van der Waals surface area contributed by atoms with Crippen LogP contribution in [0.2, 0.25) is 0 Å². The van der Waals surface area contributed by atoms with Gasteiger partial charge in [0, 0.05) is 5.92 Å². The maximum atomic E-state index is 12.9. The van der Waals surface area contributed by atoms with E-state index in [0.717, 1.165) is 77.0 Å². The molecule has 6 rings (SSSR count). The SMILES string of the molecule is CC(C)(C1CCC(OC2CCC(OOCC3CC(O)CCC3C(=O)O)CC2)CC1)C1CCC(OC2CCC(OC(=O)C3CC(O)CCC3C(=O)O)CC2)CC1. The van der Waals surface area contributed by atoms with Crippen molar-refractivity contribution in [3.8, 4) is 0 Å². The Bertz CT molecular complexity index is 1230. The van der Waals surface area contributed by atoms with E-state index in [0.29, 0.717) is 50.0 Å². The Labute approximate surface area is 327 Å². The van der Waals surface area contributed by atoms with Gasteiger partial charge in [0.2, 0.25) is 0 Å². The minimum absolute atomic E-state index is 0.0000330. The van der Waals surface area contributed by atoms with E-state index in [1.165, 1.54) is 25.7 Å². The molecule has 12 nitrogen and oxygen atoms in total. The first kappa shape index (κ1) is 42.8. The van der Waals surface area contributed by atoms with Crippen molar-refractivity contribution in [3.63, 3.8) is 0 Å². The number of hydrogen-bond acceptors (Lipinski definition) is 10. The fraction of sp³-hybridized carbons (Fsp3) is 0.930. The quantitative estimate of drug-likeness (QED) is 0.0808. The molecule has 0 aromatic heterocycles. The minimum atomic E-state index is -0.985. The molecule has 6 fully saturated rings. The molecule has 6 saturated carbocycles. The Morgan fingerprint density at radius 1 is 0.509 bits per heavy atom. The molecule has 0 heterocycles. The molecule has 0 amide bonds. The van der Waals surface area contributed by atoms with Gasteiger partial charge in [-0.1, -0.05) is 13.8 Å². The lowest BCUT2D eigenvalue weighted by Gasteiger charge is -2.47. The first-order chi connectivity index (χ1) is 26.3. The molecule has 6 unspecified atom stereocenters. The number of ether oxygens (including phenoxy) is 3. The summed E-state index contributed by atoms with van der Waals surface area (Å²) in [5.41, 5.74) is 0.279. The zero-order chi connectivity index (χ0) is 39.1. The number of hydrogen-bond donors (Lipinski definition) is 4. The summed E-state index contributed by atoms with van der Waals surface area (Å²) in [6, 6.07) is 0. The standard InChI is InChI=1S/C43H70O12/c1-43(2,27-3-9-31(10-4-27)52-33-13-15-35(16-14-33)54-42(50)39-24-30(45)8-22-38(39)41(48)49)28-5-11-32(12-6-28)53-34-17-19-36(20-18-34)55-51-25-26-23-29(44)7-21-37(26)40(46)47/h26-39,44-45H,3-25H2,1-2H3,(H,46,47)(H,48,49). The number of carbonyl (C=O) groups excluding carboxylic acids is 1. The van der Waals surface area contributed by atoms with Crippen molar-refractivity contribution in [2.45, 2.75) is 204 Å². The smallest absolute Gasteiger partial charge is 0.310 e. The van der Waals surface area contributed by atoms with Crippen LogP contribution in [0.1, 0.15) is 155 Å². The molecular formula is C43H70O12. The Morgan fingerprint density at radius 2 is 0.927 bits per heavy atom. The van der Waals surface area contributed by atoms with Crippen molar-refractivity contribution in [3.05, 3.63) is 0 Å². The Morgan fingerprint density at radius 3 is 1.42 bits per heavy atom. The number of aliphatic hydroxyl groups excluding tert-OH is 2. The number of carbonyl (C=O) groups is 3. The van der Waals surface area contributed by atoms with Crippen molar-refractivity contribution in [1.29, 1.82) is 0 Å². The molecule has 0 bridgehead atoms. The lowest BCUT2D eigenvalue weighted by atomic mass is 9.60. The minimum Gasteiger partial charge on any atom is -0.481 e. The maximum Gasteiger partial charge on any atom is 0.310 e. The molecule has 0 spiro atoms. The van der Waals surface area contributed by atoms with Crippen molar-refractivity contribution < 1.29 is 58.8 Å². The highest BCUT2D eigenvalue weighted by atomic mass is 17.2. The van der Waals surface area contributed by atoms with E-state index in [1.54, 1.807) is 0 Å². The summed E-state index contributed by atoms with van der Waals surface area (Å²) in [5, 5.41) is 39.1. The van der Waals surface area contributed by atoms with E-state index in [-0.39, 0.29) is 54.9 Å². The van der Waals surface area contributed by atoms with Crippen LogP contribution in [0.15, 0.2) is 0 Å². The highest BCUT2D eigenvalue weighted by molar-refractivity contribution is 5.81. The largest absolute Gasteiger partial charge is 0.481 e. The third-order valence-electron chi connectivity index (χ3n) is 14.9.